The number of hydrogen-bond donors (Lipinski definition) is 0. The first-order chi connectivity index (χ1) is 5.91. The van der Waals surface area contributed by atoms with Crippen LogP contribution in [0.3, 0.4) is 0 Å². The van der Waals surface area contributed by atoms with E-state index in [9.17, 15) is 0 Å². The highest BCUT2D eigenvalue weighted by Crippen LogP contribution is 2.00. The molecule has 0 aromatic carbocycles. The van der Waals surface area contributed by atoms with Gasteiger partial charge < -0.3 is 0 Å². The van der Waals surface area contributed by atoms with E-state index in [1.807, 2.05) is 0 Å². The molecule has 0 unspecified atom stereocenters. The van der Waals surface area contributed by atoms with E-state index >= 15 is 0 Å². The van der Waals surface area contributed by atoms with E-state index < -0.39 is 0 Å². The predicted molar refractivity (Wildman–Crippen MR) is 53.1 cm³/mol. The van der Waals surface area contributed by atoms with Crippen molar-refractivity contribution in [2.45, 2.75) is 39.0 Å². The van der Waals surface area contributed by atoms with E-state index in [2.05, 4.69) is 36.5 Å². The number of unbranched alkanes of at least 4 members (excludes halogenated alkanes) is 4. The average Bonchev–Trinajstić information content (AvgIpc) is 2.10. The van der Waals surface area contributed by atoms with Crippen molar-refractivity contribution in [2.75, 3.05) is 0 Å². The zero-order valence-corrected chi connectivity index (χ0v) is 7.61. The molecule has 0 saturated heterocycles. The Balaban J connectivity index is 3.29. The van der Waals surface area contributed by atoms with Gasteiger partial charge in [-0.1, -0.05) is 32.1 Å². The molecule has 0 aromatic rings. The topological polar surface area (TPSA) is 0 Å². The van der Waals surface area contributed by atoms with Gasteiger partial charge in [-0.25, -0.2) is 0 Å². The Morgan fingerprint density at radius 2 is 1.83 bits per heavy atom. The van der Waals surface area contributed by atoms with E-state index in [0.29, 0.717) is 0 Å². The molecule has 0 aliphatic carbocycles. The lowest BCUT2D eigenvalue weighted by molar-refractivity contribution is 0.680. The van der Waals surface area contributed by atoms with Crippen molar-refractivity contribution in [3.05, 3.63) is 0 Å². The molecule has 0 spiro atoms. The van der Waals surface area contributed by atoms with Gasteiger partial charge in [-0.3, -0.25) is 0 Å². The number of rotatable bonds is 4. The summed E-state index contributed by atoms with van der Waals surface area (Å²) in [7, 11) is 0. The van der Waals surface area contributed by atoms with E-state index in [1.165, 1.54) is 25.7 Å². The molecule has 0 aromatic heterocycles. The monoisotopic (exact) mass is 158 g/mol. The summed E-state index contributed by atoms with van der Waals surface area (Å²) in [6.07, 6.45) is 10.9. The molecule has 0 saturated carbocycles. The van der Waals surface area contributed by atoms with Gasteiger partial charge in [0.2, 0.25) is 0 Å². The van der Waals surface area contributed by atoms with Gasteiger partial charge in [0.25, 0.3) is 0 Å². The van der Waals surface area contributed by atoms with E-state index in [-0.39, 0.29) is 0 Å². The van der Waals surface area contributed by atoms with E-state index in [0.717, 1.165) is 6.42 Å². The van der Waals surface area contributed by atoms with Crippen LogP contribution in [0.25, 0.3) is 0 Å². The van der Waals surface area contributed by atoms with Gasteiger partial charge in [-0.2, -0.15) is 0 Å². The molecule has 0 nitrogen and oxygen atoms in total. The molecular formula is C12H14. The molecule has 0 heterocycles. The minimum atomic E-state index is 0.944. The lowest BCUT2D eigenvalue weighted by Crippen LogP contribution is -1.73. The molecule has 12 heavy (non-hydrogen) atoms. The van der Waals surface area contributed by atoms with E-state index in [1.54, 1.807) is 0 Å². The maximum atomic E-state index is 4.92. The first-order valence-electron chi connectivity index (χ1n) is 4.35. The second-order valence-electron chi connectivity index (χ2n) is 2.51. The Labute approximate surface area is 75.8 Å². The fourth-order valence-electron chi connectivity index (χ4n) is 0.814. The molecule has 0 N–H and O–H groups in total. The van der Waals surface area contributed by atoms with Gasteiger partial charge in [-0.05, 0) is 30.1 Å². The first-order valence-corrected chi connectivity index (χ1v) is 4.35. The minimum absolute atomic E-state index is 0.944. The molecule has 62 valence electrons. The summed E-state index contributed by atoms with van der Waals surface area (Å²) in [5.41, 5.74) is 0. The Hall–Kier alpha value is -1.32. The molecule has 0 aliphatic rings. The molecule has 0 atom stereocenters. The predicted octanol–water partition coefficient (Wildman–Crippen LogP) is 2.60. The zero-order valence-electron chi connectivity index (χ0n) is 7.61. The summed E-state index contributed by atoms with van der Waals surface area (Å²) in [6.45, 7) is 2.20. The molecule has 0 amide bonds. The molecular weight excluding hydrogens is 144 g/mol. The Bertz CT molecular complexity index is 244. The fraction of sp³-hybridized carbons (Fsp3) is 0.500. The molecule has 0 rings (SSSR count). The third kappa shape index (κ3) is 8.68. The Morgan fingerprint density at radius 3 is 2.50 bits per heavy atom. The van der Waals surface area contributed by atoms with Crippen LogP contribution in [-0.2, 0) is 0 Å². The fourth-order valence-corrected chi connectivity index (χ4v) is 0.814. The van der Waals surface area contributed by atoms with Crippen LogP contribution in [-0.4, -0.2) is 0 Å². The summed E-state index contributed by atoms with van der Waals surface area (Å²) >= 11 is 0. The Morgan fingerprint density at radius 1 is 1.00 bits per heavy atom. The highest BCUT2D eigenvalue weighted by atomic mass is 13.9. The molecule has 0 radical (unpaired) electrons. The average molecular weight is 158 g/mol. The van der Waals surface area contributed by atoms with Crippen LogP contribution in [0.4, 0.5) is 0 Å². The third-order valence-corrected chi connectivity index (χ3v) is 1.44. The van der Waals surface area contributed by atoms with Gasteiger partial charge in [0.15, 0.2) is 0 Å². The standard InChI is InChI=1S/C12H14/c1-3-5-7-9-11-12-10-8-6-4-2/h1H,4,6,8,10,12H2,2H3. The lowest BCUT2D eigenvalue weighted by Gasteiger charge is -1.90. The molecule has 0 fully saturated rings. The van der Waals surface area contributed by atoms with Crippen LogP contribution in [0.2, 0.25) is 0 Å². The highest BCUT2D eigenvalue weighted by molar-refractivity contribution is 5.33. The normalized spacial score (nSPS) is 7.00. The van der Waals surface area contributed by atoms with Gasteiger partial charge in [-0.15, -0.1) is 6.42 Å². The second kappa shape index (κ2) is 9.68. The van der Waals surface area contributed by atoms with Crippen molar-refractivity contribution in [3.63, 3.8) is 0 Å². The van der Waals surface area contributed by atoms with Gasteiger partial charge in [0.1, 0.15) is 0 Å². The number of terminal acetylenes is 1. The van der Waals surface area contributed by atoms with Crippen molar-refractivity contribution in [1.29, 1.82) is 0 Å². The van der Waals surface area contributed by atoms with Crippen LogP contribution in [0, 0.1) is 36.0 Å². The zero-order chi connectivity index (χ0) is 9.07. The van der Waals surface area contributed by atoms with Gasteiger partial charge in [0, 0.05) is 6.42 Å². The summed E-state index contributed by atoms with van der Waals surface area (Å²) < 4.78 is 0. The van der Waals surface area contributed by atoms with Crippen molar-refractivity contribution in [2.24, 2.45) is 0 Å². The van der Waals surface area contributed by atoms with E-state index in [4.69, 9.17) is 6.42 Å². The highest BCUT2D eigenvalue weighted by Gasteiger charge is 1.82. The van der Waals surface area contributed by atoms with Crippen LogP contribution in [0.1, 0.15) is 39.0 Å². The lowest BCUT2D eigenvalue weighted by atomic mass is 10.2. The summed E-state index contributed by atoms with van der Waals surface area (Å²) in [5.74, 6) is 12.9. The number of hydrogen-bond acceptors (Lipinski definition) is 0. The SMILES string of the molecule is C#CC#CC#CCCCCCC. The molecule has 0 heteroatoms. The summed E-state index contributed by atoms with van der Waals surface area (Å²) in [6, 6.07) is 0. The first kappa shape index (κ1) is 10.7. The van der Waals surface area contributed by atoms with Crippen LogP contribution >= 0.6 is 0 Å². The molecule has 0 bridgehead atoms. The summed E-state index contributed by atoms with van der Waals surface area (Å²) in [5, 5.41) is 0. The van der Waals surface area contributed by atoms with Crippen molar-refractivity contribution < 1.29 is 0 Å². The van der Waals surface area contributed by atoms with Crippen molar-refractivity contribution in [3.8, 4) is 36.0 Å². The minimum Gasteiger partial charge on any atom is -0.106 e. The largest absolute Gasteiger partial charge is 0.106 e. The third-order valence-electron chi connectivity index (χ3n) is 1.44. The quantitative estimate of drug-likeness (QED) is 0.436. The van der Waals surface area contributed by atoms with Crippen molar-refractivity contribution >= 4 is 0 Å². The van der Waals surface area contributed by atoms with Gasteiger partial charge in [0.05, 0.1) is 0 Å². The maximum absolute atomic E-state index is 4.92. The smallest absolute Gasteiger partial charge is 0.00989 e. The van der Waals surface area contributed by atoms with Crippen LogP contribution in [0.15, 0.2) is 0 Å². The van der Waals surface area contributed by atoms with Crippen molar-refractivity contribution in [1.82, 2.24) is 0 Å². The summed E-state index contributed by atoms with van der Waals surface area (Å²) in [4.78, 5) is 0. The second-order valence-corrected chi connectivity index (χ2v) is 2.51. The maximum Gasteiger partial charge on any atom is 0.00989 e. The Kier molecular flexibility index (Phi) is 8.62. The van der Waals surface area contributed by atoms with Crippen LogP contribution < -0.4 is 0 Å². The van der Waals surface area contributed by atoms with Crippen LogP contribution in [0.5, 0.6) is 0 Å². The molecule has 0 aliphatic heterocycles. The van der Waals surface area contributed by atoms with Gasteiger partial charge >= 0.3 is 0 Å².